The minimum absolute atomic E-state index is 0.122. The molecule has 33 heavy (non-hydrogen) atoms. The summed E-state index contributed by atoms with van der Waals surface area (Å²) in [5.41, 5.74) is 0.0679. The maximum Gasteiger partial charge on any atom is 0.314 e. The van der Waals surface area contributed by atoms with E-state index in [0.29, 0.717) is 23.1 Å². The molecule has 3 aromatic carbocycles. The van der Waals surface area contributed by atoms with Crippen molar-refractivity contribution in [1.82, 2.24) is 4.90 Å². The van der Waals surface area contributed by atoms with Gasteiger partial charge in [-0.2, -0.15) is 0 Å². The Hall–Kier alpha value is -2.47. The second-order valence-electron chi connectivity index (χ2n) is 8.85. The van der Waals surface area contributed by atoms with Gasteiger partial charge in [-0.15, -0.1) is 0 Å². The van der Waals surface area contributed by atoms with Crippen LogP contribution in [0.1, 0.15) is 30.5 Å². The van der Waals surface area contributed by atoms with Gasteiger partial charge in [0.05, 0.1) is 11.0 Å². The van der Waals surface area contributed by atoms with Crippen LogP contribution in [0.2, 0.25) is 10.0 Å². The smallest absolute Gasteiger partial charge is 0.314 e. The third kappa shape index (κ3) is 4.14. The topological polar surface area (TPSA) is 40.5 Å². The van der Waals surface area contributed by atoms with Gasteiger partial charge in [0.2, 0.25) is 0 Å². The molecule has 1 saturated heterocycles. The molecule has 0 aliphatic carbocycles. The fourth-order valence-corrected chi connectivity index (χ4v) is 4.93. The SMILES string of the molecule is CC(C(=O)O)(c1cc(F)cc(F)c1)C1CN(C(C)(c2ccc(Cl)cc2)c2ccc(Cl)cc2)C1. The molecular formula is C26H23Cl2F2NO2. The number of rotatable bonds is 6. The van der Waals surface area contributed by atoms with Crippen molar-refractivity contribution in [3.8, 4) is 0 Å². The van der Waals surface area contributed by atoms with Crippen LogP contribution in [0.3, 0.4) is 0 Å². The first-order valence-corrected chi connectivity index (χ1v) is 11.3. The number of carboxylic acids is 1. The first-order valence-electron chi connectivity index (χ1n) is 10.5. The highest BCUT2D eigenvalue weighted by Crippen LogP contribution is 2.46. The van der Waals surface area contributed by atoms with Gasteiger partial charge in [0.15, 0.2) is 0 Å². The van der Waals surface area contributed by atoms with Crippen LogP contribution < -0.4 is 0 Å². The molecule has 1 atom stereocenters. The van der Waals surface area contributed by atoms with Crippen molar-refractivity contribution in [1.29, 1.82) is 0 Å². The molecule has 0 spiro atoms. The highest BCUT2D eigenvalue weighted by Gasteiger charge is 2.53. The summed E-state index contributed by atoms with van der Waals surface area (Å²) in [5, 5.41) is 11.3. The molecule has 1 aliphatic heterocycles. The largest absolute Gasteiger partial charge is 0.481 e. The van der Waals surface area contributed by atoms with Crippen LogP contribution in [-0.4, -0.2) is 29.1 Å². The molecule has 1 heterocycles. The van der Waals surface area contributed by atoms with Gasteiger partial charge in [0, 0.05) is 35.1 Å². The quantitative estimate of drug-likeness (QED) is 0.428. The van der Waals surface area contributed by atoms with E-state index < -0.39 is 28.6 Å². The third-order valence-corrected chi connectivity index (χ3v) is 7.55. The Morgan fingerprint density at radius 2 is 1.27 bits per heavy atom. The first kappa shape index (κ1) is 23.7. The molecule has 0 bridgehead atoms. The van der Waals surface area contributed by atoms with Gasteiger partial charge in [-0.1, -0.05) is 47.5 Å². The molecular weight excluding hydrogens is 467 g/mol. The number of halogens is 4. The van der Waals surface area contributed by atoms with Crippen LogP contribution in [0.25, 0.3) is 0 Å². The first-order chi connectivity index (χ1) is 15.5. The summed E-state index contributed by atoms with van der Waals surface area (Å²) in [6, 6.07) is 18.0. The molecule has 3 aromatic rings. The molecule has 1 unspecified atom stereocenters. The average Bonchev–Trinajstić information content (AvgIpc) is 2.72. The lowest BCUT2D eigenvalue weighted by Gasteiger charge is -2.55. The summed E-state index contributed by atoms with van der Waals surface area (Å²) in [7, 11) is 0. The lowest BCUT2D eigenvalue weighted by molar-refractivity contribution is -0.150. The van der Waals surface area contributed by atoms with Gasteiger partial charge in [-0.3, -0.25) is 9.69 Å². The van der Waals surface area contributed by atoms with Gasteiger partial charge >= 0.3 is 5.97 Å². The van der Waals surface area contributed by atoms with E-state index in [9.17, 15) is 18.7 Å². The Balaban J connectivity index is 1.71. The monoisotopic (exact) mass is 489 g/mol. The second-order valence-corrected chi connectivity index (χ2v) is 9.73. The van der Waals surface area contributed by atoms with Gasteiger partial charge < -0.3 is 5.11 Å². The lowest BCUT2D eigenvalue weighted by Crippen LogP contribution is -2.63. The van der Waals surface area contributed by atoms with Crippen LogP contribution in [0, 0.1) is 17.6 Å². The van der Waals surface area contributed by atoms with Crippen molar-refractivity contribution in [3.63, 3.8) is 0 Å². The number of carboxylic acid groups (broad SMARTS) is 1. The van der Waals surface area contributed by atoms with Gasteiger partial charge in [-0.05, 0) is 66.9 Å². The maximum absolute atomic E-state index is 13.9. The Morgan fingerprint density at radius 1 is 0.848 bits per heavy atom. The highest BCUT2D eigenvalue weighted by atomic mass is 35.5. The third-order valence-electron chi connectivity index (χ3n) is 7.05. The summed E-state index contributed by atoms with van der Waals surface area (Å²) >= 11 is 12.2. The van der Waals surface area contributed by atoms with E-state index in [1.54, 1.807) is 0 Å². The zero-order chi connectivity index (χ0) is 24.0. The lowest BCUT2D eigenvalue weighted by atomic mass is 9.66. The summed E-state index contributed by atoms with van der Waals surface area (Å²) in [5.74, 6) is -3.05. The van der Waals surface area contributed by atoms with Crippen LogP contribution >= 0.6 is 23.2 Å². The molecule has 0 amide bonds. The molecule has 0 aromatic heterocycles. The van der Waals surface area contributed by atoms with Crippen molar-refractivity contribution >= 4 is 29.2 Å². The van der Waals surface area contributed by atoms with E-state index in [4.69, 9.17) is 23.2 Å². The predicted octanol–water partition coefficient (Wildman–Crippen LogP) is 6.51. The second kappa shape index (κ2) is 8.71. The summed E-state index contributed by atoms with van der Waals surface area (Å²) in [4.78, 5) is 14.5. The van der Waals surface area contributed by atoms with Gasteiger partial charge in [-0.25, -0.2) is 8.78 Å². The van der Waals surface area contributed by atoms with Crippen molar-refractivity contribution < 1.29 is 18.7 Å². The van der Waals surface area contributed by atoms with Crippen LogP contribution in [0.15, 0.2) is 66.7 Å². The number of benzene rings is 3. The number of hydrogen-bond acceptors (Lipinski definition) is 2. The van der Waals surface area contributed by atoms with Crippen molar-refractivity contribution in [2.24, 2.45) is 5.92 Å². The highest BCUT2D eigenvalue weighted by molar-refractivity contribution is 6.30. The Kier molecular flexibility index (Phi) is 6.25. The number of nitrogens with zero attached hydrogens (tertiary/aromatic N) is 1. The van der Waals surface area contributed by atoms with Crippen LogP contribution in [0.4, 0.5) is 8.78 Å². The van der Waals surface area contributed by atoms with E-state index in [-0.39, 0.29) is 11.5 Å². The molecule has 172 valence electrons. The van der Waals surface area contributed by atoms with E-state index in [0.717, 1.165) is 29.3 Å². The average molecular weight is 490 g/mol. The zero-order valence-electron chi connectivity index (χ0n) is 18.2. The van der Waals surface area contributed by atoms with Gasteiger partial charge in [0.1, 0.15) is 11.6 Å². The fourth-order valence-electron chi connectivity index (χ4n) is 4.68. The van der Waals surface area contributed by atoms with Crippen LogP contribution in [0.5, 0.6) is 0 Å². The van der Waals surface area contributed by atoms with Crippen LogP contribution in [-0.2, 0) is 15.7 Å². The molecule has 1 aliphatic rings. The molecule has 0 saturated carbocycles. The van der Waals surface area contributed by atoms with Crippen molar-refractivity contribution in [3.05, 3.63) is 105 Å². The van der Waals surface area contributed by atoms with Gasteiger partial charge in [0.25, 0.3) is 0 Å². The Morgan fingerprint density at radius 3 is 1.67 bits per heavy atom. The molecule has 1 N–H and O–H groups in total. The molecule has 1 fully saturated rings. The minimum Gasteiger partial charge on any atom is -0.481 e. The number of carbonyl (C=O) groups is 1. The standard InChI is InChI=1S/C26H23Cl2F2NO2/c1-25(24(32)33,18-11-22(29)13-23(30)12-18)19-14-31(15-19)26(2,16-3-7-20(27)8-4-16)17-5-9-21(28)10-6-17/h3-13,19H,14-15H2,1-2H3,(H,32,33). The molecule has 4 rings (SSSR count). The molecule has 7 heteroatoms. The number of likely N-dealkylation sites (tertiary alicyclic amines) is 1. The number of aliphatic carboxylic acids is 1. The van der Waals surface area contributed by atoms with E-state index >= 15 is 0 Å². The molecule has 3 nitrogen and oxygen atoms in total. The Bertz CT molecular complexity index is 1110. The van der Waals surface area contributed by atoms with E-state index in [2.05, 4.69) is 11.8 Å². The summed E-state index contributed by atoms with van der Waals surface area (Å²) < 4.78 is 27.8. The molecule has 0 radical (unpaired) electrons. The van der Waals surface area contributed by atoms with Crippen molar-refractivity contribution in [2.45, 2.75) is 24.8 Å². The predicted molar refractivity (Wildman–Crippen MR) is 126 cm³/mol. The summed E-state index contributed by atoms with van der Waals surface area (Å²) in [6.07, 6.45) is 0. The minimum atomic E-state index is -1.44. The Labute approximate surface area is 201 Å². The van der Waals surface area contributed by atoms with E-state index in [1.165, 1.54) is 6.92 Å². The maximum atomic E-state index is 13.9. The number of hydrogen-bond donors (Lipinski definition) is 1. The zero-order valence-corrected chi connectivity index (χ0v) is 19.7. The summed E-state index contributed by atoms with van der Waals surface area (Å²) in [6.45, 7) is 4.44. The normalized spacial score (nSPS) is 16.8. The van der Waals surface area contributed by atoms with Crippen molar-refractivity contribution in [2.75, 3.05) is 13.1 Å². The van der Waals surface area contributed by atoms with E-state index in [1.807, 2.05) is 48.5 Å². The fraction of sp³-hybridized carbons (Fsp3) is 0.269.